The zero-order valence-electron chi connectivity index (χ0n) is 11.9. The van der Waals surface area contributed by atoms with Crippen LogP contribution in [-0.2, 0) is 9.59 Å². The molecule has 2 aliphatic heterocycles. The van der Waals surface area contributed by atoms with E-state index in [2.05, 4.69) is 34.8 Å². The molecule has 1 aromatic carbocycles. The van der Waals surface area contributed by atoms with Crippen LogP contribution in [0.4, 0.5) is 0 Å². The van der Waals surface area contributed by atoms with E-state index in [4.69, 9.17) is 0 Å². The topological polar surface area (TPSA) is 61.8 Å². The van der Waals surface area contributed by atoms with Gasteiger partial charge in [-0.05, 0) is 24.3 Å². The van der Waals surface area contributed by atoms with E-state index in [0.717, 1.165) is 25.9 Å². The van der Waals surface area contributed by atoms with Gasteiger partial charge in [-0.1, -0.05) is 30.3 Å². The van der Waals surface area contributed by atoms with Crippen molar-refractivity contribution in [3.8, 4) is 0 Å². The Labute approximate surface area is 124 Å². The molecule has 3 rings (SSSR count). The molecule has 0 spiro atoms. The highest BCUT2D eigenvalue weighted by Crippen LogP contribution is 2.28. The second-order valence-electron chi connectivity index (χ2n) is 5.57. The smallest absolute Gasteiger partial charge is 0.270 e. The van der Waals surface area contributed by atoms with Crippen LogP contribution >= 0.6 is 0 Å². The van der Waals surface area contributed by atoms with Gasteiger partial charge in [-0.15, -0.1) is 0 Å². The molecule has 0 radical (unpaired) electrons. The number of hydrogen-bond acceptors (Lipinski definition) is 3. The van der Waals surface area contributed by atoms with E-state index >= 15 is 0 Å². The minimum absolute atomic E-state index is 0.0264. The summed E-state index contributed by atoms with van der Waals surface area (Å²) in [4.78, 5) is 25.3. The van der Waals surface area contributed by atoms with Crippen LogP contribution < -0.4 is 5.43 Å². The number of amides is 2. The van der Waals surface area contributed by atoms with Crippen molar-refractivity contribution >= 4 is 17.5 Å². The zero-order chi connectivity index (χ0) is 14.7. The first-order chi connectivity index (χ1) is 10.2. The lowest BCUT2D eigenvalue weighted by Crippen LogP contribution is -2.43. The van der Waals surface area contributed by atoms with Crippen LogP contribution in [0.1, 0.15) is 37.2 Å². The van der Waals surface area contributed by atoms with Crippen molar-refractivity contribution in [2.45, 2.75) is 31.6 Å². The molecule has 0 atom stereocenters. The summed E-state index contributed by atoms with van der Waals surface area (Å²) >= 11 is 0. The van der Waals surface area contributed by atoms with E-state index < -0.39 is 0 Å². The van der Waals surface area contributed by atoms with Crippen molar-refractivity contribution in [1.82, 2.24) is 10.3 Å². The van der Waals surface area contributed by atoms with Gasteiger partial charge in [0, 0.05) is 25.9 Å². The van der Waals surface area contributed by atoms with Crippen molar-refractivity contribution in [2.24, 2.45) is 5.10 Å². The summed E-state index contributed by atoms with van der Waals surface area (Å²) in [5.74, 6) is 0.388. The number of benzene rings is 1. The molecule has 2 heterocycles. The van der Waals surface area contributed by atoms with Crippen LogP contribution in [0.15, 0.2) is 35.4 Å². The lowest BCUT2D eigenvalue weighted by atomic mass is 9.89. The van der Waals surface area contributed by atoms with E-state index in [-0.39, 0.29) is 11.8 Å². The van der Waals surface area contributed by atoms with Gasteiger partial charge in [0.1, 0.15) is 5.71 Å². The summed E-state index contributed by atoms with van der Waals surface area (Å²) < 4.78 is 0. The van der Waals surface area contributed by atoms with Gasteiger partial charge < -0.3 is 4.90 Å². The van der Waals surface area contributed by atoms with Crippen LogP contribution in [0.3, 0.4) is 0 Å². The maximum Gasteiger partial charge on any atom is 0.270 e. The number of hydrogen-bond donors (Lipinski definition) is 1. The molecule has 5 nitrogen and oxygen atoms in total. The first-order valence-corrected chi connectivity index (χ1v) is 7.43. The first kappa shape index (κ1) is 13.8. The van der Waals surface area contributed by atoms with Gasteiger partial charge in [0.2, 0.25) is 5.91 Å². The van der Waals surface area contributed by atoms with Gasteiger partial charge in [0.25, 0.3) is 5.91 Å². The van der Waals surface area contributed by atoms with Crippen LogP contribution in [0, 0.1) is 0 Å². The predicted octanol–water partition coefficient (Wildman–Crippen LogP) is 1.66. The Kier molecular flexibility index (Phi) is 3.99. The second kappa shape index (κ2) is 6.08. The Morgan fingerprint density at radius 3 is 2.48 bits per heavy atom. The normalized spacial score (nSPS) is 19.9. The highest BCUT2D eigenvalue weighted by molar-refractivity contribution is 6.39. The second-order valence-corrected chi connectivity index (χ2v) is 5.57. The molecule has 2 aliphatic rings. The quantitative estimate of drug-likeness (QED) is 0.898. The van der Waals surface area contributed by atoms with Gasteiger partial charge >= 0.3 is 0 Å². The molecule has 21 heavy (non-hydrogen) atoms. The van der Waals surface area contributed by atoms with Gasteiger partial charge in [-0.25, -0.2) is 5.43 Å². The average molecular weight is 285 g/mol. The fourth-order valence-corrected chi connectivity index (χ4v) is 2.95. The molecule has 5 heteroatoms. The predicted molar refractivity (Wildman–Crippen MR) is 79.8 cm³/mol. The van der Waals surface area contributed by atoms with Crippen molar-refractivity contribution in [3.63, 3.8) is 0 Å². The molecule has 1 saturated heterocycles. The van der Waals surface area contributed by atoms with Gasteiger partial charge in [0.15, 0.2) is 0 Å². The number of carbonyl (C=O) groups is 2. The summed E-state index contributed by atoms with van der Waals surface area (Å²) in [5.41, 5.74) is 4.22. The van der Waals surface area contributed by atoms with E-state index in [1.165, 1.54) is 5.56 Å². The highest BCUT2D eigenvalue weighted by atomic mass is 16.2. The van der Waals surface area contributed by atoms with Crippen LogP contribution in [0.2, 0.25) is 0 Å². The van der Waals surface area contributed by atoms with Gasteiger partial charge in [-0.2, -0.15) is 5.10 Å². The largest absolute Gasteiger partial charge is 0.338 e. The Morgan fingerprint density at radius 2 is 1.86 bits per heavy atom. The number of piperidine rings is 1. The molecule has 2 amide bonds. The maximum absolute atomic E-state index is 12.3. The number of nitrogens with zero attached hydrogens (tertiary/aromatic N) is 2. The van der Waals surface area contributed by atoms with Crippen molar-refractivity contribution in [2.75, 3.05) is 13.1 Å². The van der Waals surface area contributed by atoms with Crippen molar-refractivity contribution in [3.05, 3.63) is 35.9 Å². The molecular weight excluding hydrogens is 266 g/mol. The van der Waals surface area contributed by atoms with Crippen molar-refractivity contribution in [1.29, 1.82) is 0 Å². The average Bonchev–Trinajstić information content (AvgIpc) is 2.56. The van der Waals surface area contributed by atoms with Gasteiger partial charge in [0.05, 0.1) is 0 Å². The Bertz CT molecular complexity index is 560. The molecule has 0 unspecified atom stereocenters. The monoisotopic (exact) mass is 285 g/mol. The van der Waals surface area contributed by atoms with E-state index in [9.17, 15) is 9.59 Å². The third-order valence-electron chi connectivity index (χ3n) is 4.20. The first-order valence-electron chi connectivity index (χ1n) is 7.43. The molecule has 0 aliphatic carbocycles. The summed E-state index contributed by atoms with van der Waals surface area (Å²) in [6, 6.07) is 10.5. The number of nitrogens with one attached hydrogen (secondary N) is 1. The minimum Gasteiger partial charge on any atom is -0.338 e. The molecule has 0 bridgehead atoms. The van der Waals surface area contributed by atoms with E-state index in [1.807, 2.05) is 11.0 Å². The van der Waals surface area contributed by atoms with Crippen LogP contribution in [-0.4, -0.2) is 35.5 Å². The van der Waals surface area contributed by atoms with E-state index in [0.29, 0.717) is 24.5 Å². The summed E-state index contributed by atoms with van der Waals surface area (Å²) in [6.07, 6.45) is 2.76. The van der Waals surface area contributed by atoms with E-state index in [1.54, 1.807) is 0 Å². The maximum atomic E-state index is 12.3. The molecule has 1 N–H and O–H groups in total. The number of hydrazone groups is 1. The minimum atomic E-state index is -0.116. The third kappa shape index (κ3) is 3.12. The molecule has 0 aromatic heterocycles. The summed E-state index contributed by atoms with van der Waals surface area (Å²) in [7, 11) is 0. The molecule has 110 valence electrons. The molecule has 0 saturated carbocycles. The SMILES string of the molecule is O=C1CCC(C(=O)N2CCC(c3ccccc3)CC2)=NN1. The lowest BCUT2D eigenvalue weighted by Gasteiger charge is -2.32. The summed E-state index contributed by atoms with van der Waals surface area (Å²) in [6.45, 7) is 1.51. The molecule has 1 fully saturated rings. The fraction of sp³-hybridized carbons (Fsp3) is 0.438. The highest BCUT2D eigenvalue weighted by Gasteiger charge is 2.27. The summed E-state index contributed by atoms with van der Waals surface area (Å²) in [5, 5.41) is 3.89. The number of carbonyl (C=O) groups excluding carboxylic acids is 2. The fourth-order valence-electron chi connectivity index (χ4n) is 2.95. The van der Waals surface area contributed by atoms with Crippen molar-refractivity contribution < 1.29 is 9.59 Å². The molecular formula is C16H19N3O2. The van der Waals surface area contributed by atoms with Gasteiger partial charge in [-0.3, -0.25) is 9.59 Å². The molecule has 1 aromatic rings. The van der Waals surface area contributed by atoms with Crippen LogP contribution in [0.25, 0.3) is 0 Å². The lowest BCUT2D eigenvalue weighted by molar-refractivity contribution is -0.125. The third-order valence-corrected chi connectivity index (χ3v) is 4.20. The Balaban J connectivity index is 1.58. The number of likely N-dealkylation sites (tertiary alicyclic amines) is 1. The number of rotatable bonds is 2. The zero-order valence-corrected chi connectivity index (χ0v) is 11.9. The Hall–Kier alpha value is -2.17. The Morgan fingerprint density at radius 1 is 1.14 bits per heavy atom. The standard InChI is InChI=1S/C16H19N3O2/c20-15-7-6-14(17-18-15)16(21)19-10-8-13(9-11-19)12-4-2-1-3-5-12/h1-5,13H,6-11H2,(H,18,20). The van der Waals surface area contributed by atoms with Crippen LogP contribution in [0.5, 0.6) is 0 Å².